The molecule has 0 atom stereocenters. The maximum atomic E-state index is 2.99. The normalized spacial score (nSPS) is 13.0. The molecule has 0 amide bonds. The Bertz CT molecular complexity index is 168. The standard InChI is InChI=1S/2C5H5.2ClH.H2Si.Zr/c2*1-2-4-5-3-1;;;;/h2*1-3H,4H2;2*1H;1H2;/q2*-1;;;;+2. The maximum absolute atomic E-state index is 2.99. The average molecular weight is 324 g/mol. The third-order valence-electron chi connectivity index (χ3n) is 1.17. The molecule has 0 N–H and O–H groups in total. The van der Waals surface area contributed by atoms with Crippen molar-refractivity contribution >= 4 is 31.7 Å². The van der Waals surface area contributed by atoms with Gasteiger partial charge in [-0.05, 0) is 0 Å². The zero-order chi connectivity index (χ0) is 9.07. The van der Waals surface area contributed by atoms with Crippen LogP contribution in [0.4, 0.5) is 0 Å². The first-order chi connectivity index (χ1) is 6.00. The molecule has 0 saturated heterocycles. The van der Waals surface area contributed by atoms with E-state index in [4.69, 9.17) is 0 Å². The summed E-state index contributed by atoms with van der Waals surface area (Å²) >= 11 is 1.58. The van der Waals surface area contributed by atoms with E-state index in [1.54, 1.807) is 23.3 Å². The molecule has 76 valence electrons. The summed E-state index contributed by atoms with van der Waals surface area (Å²) in [6, 6.07) is 0. The zero-order valence-corrected chi connectivity index (χ0v) is 13.4. The molecule has 0 heterocycles. The molecule has 4 heteroatoms. The van der Waals surface area contributed by atoms with Gasteiger partial charge in [-0.15, -0.1) is 37.7 Å². The number of halogens is 2. The van der Waals surface area contributed by atoms with Crippen LogP contribution in [0.25, 0.3) is 0 Å². The van der Waals surface area contributed by atoms with Crippen molar-refractivity contribution in [2.45, 2.75) is 12.8 Å². The first-order valence-corrected chi connectivity index (χ1v) is 9.71. The van der Waals surface area contributed by atoms with E-state index in [0.29, 0.717) is 0 Å². The van der Waals surface area contributed by atoms with E-state index in [9.17, 15) is 0 Å². The van der Waals surface area contributed by atoms with Crippen molar-refractivity contribution in [1.82, 2.24) is 0 Å². The van der Waals surface area contributed by atoms with Crippen molar-refractivity contribution < 1.29 is 23.3 Å². The topological polar surface area (TPSA) is 0 Å². The van der Waals surface area contributed by atoms with Gasteiger partial charge in [0.25, 0.3) is 0 Å². The van der Waals surface area contributed by atoms with Gasteiger partial charge in [0.2, 0.25) is 0 Å². The van der Waals surface area contributed by atoms with Crippen LogP contribution in [0.15, 0.2) is 36.5 Å². The SMILES string of the molecule is Cl.Cl.[C-]1=CC=CC1.[C-]1=CC=CC1.[SiH2]=[Zr+2]. The van der Waals surface area contributed by atoms with Gasteiger partial charge in [-0.25, -0.2) is 24.3 Å². The number of hydrogen-bond donors (Lipinski definition) is 0. The summed E-state index contributed by atoms with van der Waals surface area (Å²) in [5.41, 5.74) is 0. The van der Waals surface area contributed by atoms with Crippen molar-refractivity contribution in [1.29, 1.82) is 0 Å². The van der Waals surface area contributed by atoms with E-state index in [0.717, 1.165) is 12.8 Å². The summed E-state index contributed by atoms with van der Waals surface area (Å²) in [4.78, 5) is 0. The summed E-state index contributed by atoms with van der Waals surface area (Å²) in [5, 5.41) is 0. The van der Waals surface area contributed by atoms with Gasteiger partial charge in [0, 0.05) is 0 Å². The molecule has 0 saturated carbocycles. The molecule has 0 unspecified atom stereocenters. The van der Waals surface area contributed by atoms with Crippen LogP contribution in [-0.4, -0.2) is 6.88 Å². The molecule has 0 nitrogen and oxygen atoms in total. The predicted molar refractivity (Wildman–Crippen MR) is 66.2 cm³/mol. The van der Waals surface area contributed by atoms with Crippen molar-refractivity contribution in [3.63, 3.8) is 0 Å². The van der Waals surface area contributed by atoms with Crippen LogP contribution in [0.5, 0.6) is 0 Å². The minimum atomic E-state index is 0. The van der Waals surface area contributed by atoms with E-state index in [1.807, 2.05) is 31.2 Å². The van der Waals surface area contributed by atoms with Gasteiger partial charge in [0.15, 0.2) is 0 Å². The predicted octanol–water partition coefficient (Wildman–Crippen LogP) is 2.54. The number of hydrogen-bond acceptors (Lipinski definition) is 0. The van der Waals surface area contributed by atoms with Gasteiger partial charge in [0.05, 0.1) is 0 Å². The van der Waals surface area contributed by atoms with Crippen LogP contribution in [0, 0.1) is 12.2 Å². The molecule has 2 aliphatic rings. The summed E-state index contributed by atoms with van der Waals surface area (Å²) in [7, 11) is 0. The van der Waals surface area contributed by atoms with Gasteiger partial charge in [0.1, 0.15) is 0 Å². The van der Waals surface area contributed by atoms with Gasteiger partial charge in [-0.3, -0.25) is 12.2 Å². The average Bonchev–Trinajstić information content (AvgIpc) is 2.87. The van der Waals surface area contributed by atoms with Crippen molar-refractivity contribution in [2.75, 3.05) is 0 Å². The van der Waals surface area contributed by atoms with Crippen LogP contribution in [0.3, 0.4) is 0 Å². The Morgan fingerprint density at radius 2 is 1.21 bits per heavy atom. The van der Waals surface area contributed by atoms with Crippen LogP contribution in [0.1, 0.15) is 12.8 Å². The fourth-order valence-corrected chi connectivity index (χ4v) is 0.680. The molecule has 0 aliphatic heterocycles. The summed E-state index contributed by atoms with van der Waals surface area (Å²) in [6.07, 6.45) is 20.0. The Morgan fingerprint density at radius 1 is 0.857 bits per heavy atom. The fraction of sp³-hybridized carbons (Fsp3) is 0.200. The summed E-state index contributed by atoms with van der Waals surface area (Å²) < 4.78 is 0. The zero-order valence-electron chi connectivity index (χ0n) is 7.90. The molecule has 0 bridgehead atoms. The second-order valence-electron chi connectivity index (χ2n) is 2.01. The quantitative estimate of drug-likeness (QED) is 0.474. The molecule has 0 fully saturated rings. The monoisotopic (exact) mass is 322 g/mol. The van der Waals surface area contributed by atoms with Crippen LogP contribution >= 0.6 is 24.8 Å². The Balaban J connectivity index is -0.000000131. The van der Waals surface area contributed by atoms with Gasteiger partial charge in [-0.2, -0.15) is 12.2 Å². The first kappa shape index (κ1) is 20.1. The Morgan fingerprint density at radius 3 is 1.29 bits per heavy atom. The van der Waals surface area contributed by atoms with Crippen LogP contribution in [-0.2, 0) is 23.3 Å². The van der Waals surface area contributed by atoms with E-state index >= 15 is 0 Å². The van der Waals surface area contributed by atoms with E-state index < -0.39 is 0 Å². The third-order valence-corrected chi connectivity index (χ3v) is 1.17. The van der Waals surface area contributed by atoms with Crippen LogP contribution in [0.2, 0.25) is 0 Å². The minimum absolute atomic E-state index is 0. The second-order valence-corrected chi connectivity index (χ2v) is 2.01. The van der Waals surface area contributed by atoms with Crippen molar-refractivity contribution in [2.24, 2.45) is 0 Å². The molecule has 14 heavy (non-hydrogen) atoms. The Kier molecular flexibility index (Phi) is 27.6. The molecule has 0 aromatic rings. The molecule has 2 rings (SSSR count). The Labute approximate surface area is 116 Å². The van der Waals surface area contributed by atoms with Gasteiger partial charge >= 0.3 is 30.2 Å². The van der Waals surface area contributed by atoms with Crippen molar-refractivity contribution in [3.8, 4) is 0 Å². The second kappa shape index (κ2) is 19.2. The van der Waals surface area contributed by atoms with Crippen molar-refractivity contribution in [3.05, 3.63) is 48.6 Å². The van der Waals surface area contributed by atoms with E-state index in [1.165, 1.54) is 0 Å². The molecular weight excluding hydrogens is 310 g/mol. The molecule has 0 radical (unpaired) electrons. The van der Waals surface area contributed by atoms with E-state index in [-0.39, 0.29) is 24.8 Å². The fourth-order valence-electron chi connectivity index (χ4n) is 0.680. The number of allylic oxidation sites excluding steroid dienone is 8. The van der Waals surface area contributed by atoms with Gasteiger partial charge < -0.3 is 0 Å². The number of rotatable bonds is 0. The van der Waals surface area contributed by atoms with Gasteiger partial charge in [-0.1, -0.05) is 0 Å². The molecule has 0 aromatic heterocycles. The summed E-state index contributed by atoms with van der Waals surface area (Å²) in [6.45, 7) is 1.95. The third kappa shape index (κ3) is 15.1. The molecular formula is C10H14Cl2SiZr. The van der Waals surface area contributed by atoms with E-state index in [2.05, 4.69) is 24.3 Å². The Hall–Kier alpha value is 0.640. The van der Waals surface area contributed by atoms with Crippen LogP contribution < -0.4 is 0 Å². The molecule has 0 aromatic carbocycles. The first-order valence-electron chi connectivity index (χ1n) is 3.79. The molecule has 0 spiro atoms. The molecule has 2 aliphatic carbocycles. The summed E-state index contributed by atoms with van der Waals surface area (Å²) in [5.74, 6) is 0.